The molecule has 0 radical (unpaired) electrons. The van der Waals surface area contributed by atoms with E-state index in [9.17, 15) is 18.6 Å². The maximum absolute atomic E-state index is 13.3. The molecular formula is C23H32O4S. The fourth-order valence-electron chi connectivity index (χ4n) is 4.37. The third-order valence-corrected chi connectivity index (χ3v) is 7.96. The molecule has 1 aliphatic rings. The second-order valence-corrected chi connectivity index (χ2v) is 9.59. The van der Waals surface area contributed by atoms with E-state index in [1.807, 2.05) is 37.3 Å². The first kappa shape index (κ1) is 22.4. The van der Waals surface area contributed by atoms with Crippen molar-refractivity contribution in [3.63, 3.8) is 0 Å². The number of rotatable bonds is 5. The molecule has 4 nitrogen and oxygen atoms in total. The van der Waals surface area contributed by atoms with Crippen molar-refractivity contribution in [3.8, 4) is 5.75 Å². The van der Waals surface area contributed by atoms with Crippen molar-refractivity contribution in [1.82, 2.24) is 0 Å². The van der Waals surface area contributed by atoms with Crippen LogP contribution in [0.2, 0.25) is 0 Å². The first-order chi connectivity index (χ1) is 12.8. The van der Waals surface area contributed by atoms with Crippen LogP contribution in [-0.4, -0.2) is 30.5 Å². The SMILES string of the molecule is C.CCCC[C@]1(CC)CS(=O)(=O)c2cc(O)ccc2[C@H](c2ccccc2)C1O. The Hall–Kier alpha value is -1.85. The first-order valence-corrected chi connectivity index (χ1v) is 11.3. The van der Waals surface area contributed by atoms with Crippen molar-refractivity contribution in [2.24, 2.45) is 5.41 Å². The van der Waals surface area contributed by atoms with Crippen LogP contribution in [0.1, 0.15) is 64.0 Å². The largest absolute Gasteiger partial charge is 0.508 e. The summed E-state index contributed by atoms with van der Waals surface area (Å²) in [6.07, 6.45) is 2.22. The van der Waals surface area contributed by atoms with Crippen LogP contribution in [0.15, 0.2) is 53.4 Å². The lowest BCUT2D eigenvalue weighted by molar-refractivity contribution is 0.0174. The molecule has 1 unspecified atom stereocenters. The molecule has 0 aromatic heterocycles. The zero-order valence-electron chi connectivity index (χ0n) is 15.9. The van der Waals surface area contributed by atoms with Crippen LogP contribution >= 0.6 is 0 Å². The molecule has 0 saturated heterocycles. The summed E-state index contributed by atoms with van der Waals surface area (Å²) in [7, 11) is -3.64. The lowest BCUT2D eigenvalue weighted by atomic mass is 9.69. The average Bonchev–Trinajstić information content (AvgIpc) is 2.73. The molecule has 28 heavy (non-hydrogen) atoms. The number of phenols is 1. The van der Waals surface area contributed by atoms with Gasteiger partial charge in [-0.1, -0.05) is 70.5 Å². The number of unbranched alkanes of at least 4 members (excludes halogenated alkanes) is 1. The van der Waals surface area contributed by atoms with E-state index in [0.717, 1.165) is 18.4 Å². The second-order valence-electron chi connectivity index (χ2n) is 7.63. The summed E-state index contributed by atoms with van der Waals surface area (Å²) < 4.78 is 26.6. The highest BCUT2D eigenvalue weighted by molar-refractivity contribution is 7.91. The van der Waals surface area contributed by atoms with E-state index >= 15 is 0 Å². The first-order valence-electron chi connectivity index (χ1n) is 9.63. The topological polar surface area (TPSA) is 74.6 Å². The molecule has 0 aliphatic carbocycles. The molecule has 3 atom stereocenters. The average molecular weight is 405 g/mol. The minimum Gasteiger partial charge on any atom is -0.508 e. The van der Waals surface area contributed by atoms with Gasteiger partial charge in [0.05, 0.1) is 16.8 Å². The Morgan fingerprint density at radius 1 is 1.11 bits per heavy atom. The summed E-state index contributed by atoms with van der Waals surface area (Å²) in [6.45, 7) is 4.03. The Kier molecular flexibility index (Phi) is 6.94. The summed E-state index contributed by atoms with van der Waals surface area (Å²) in [5.41, 5.74) is 0.742. The lowest BCUT2D eigenvalue weighted by Gasteiger charge is -2.39. The summed E-state index contributed by atoms with van der Waals surface area (Å²) in [5.74, 6) is -0.621. The molecule has 2 N–H and O–H groups in total. The van der Waals surface area contributed by atoms with Crippen molar-refractivity contribution in [3.05, 3.63) is 59.7 Å². The Balaban J connectivity index is 0.00000280. The molecule has 2 aromatic rings. The molecule has 0 bridgehead atoms. The summed E-state index contributed by atoms with van der Waals surface area (Å²) in [4.78, 5) is 0.141. The van der Waals surface area contributed by atoms with Crippen LogP contribution in [0.3, 0.4) is 0 Å². The van der Waals surface area contributed by atoms with Crippen LogP contribution in [0.4, 0.5) is 0 Å². The summed E-state index contributed by atoms with van der Waals surface area (Å²) in [6, 6.07) is 14.1. The third-order valence-electron chi connectivity index (χ3n) is 5.98. The molecule has 3 rings (SSSR count). The number of aliphatic hydroxyl groups excluding tert-OH is 1. The molecule has 2 aromatic carbocycles. The molecule has 1 aliphatic heterocycles. The second kappa shape index (κ2) is 8.66. The highest BCUT2D eigenvalue weighted by atomic mass is 32.2. The van der Waals surface area contributed by atoms with Crippen molar-refractivity contribution >= 4 is 9.84 Å². The van der Waals surface area contributed by atoms with Gasteiger partial charge in [0.2, 0.25) is 0 Å². The Labute approximate surface area is 169 Å². The van der Waals surface area contributed by atoms with Gasteiger partial charge in [0.15, 0.2) is 9.84 Å². The zero-order chi connectivity index (χ0) is 19.7. The van der Waals surface area contributed by atoms with Crippen molar-refractivity contribution < 1.29 is 18.6 Å². The Morgan fingerprint density at radius 3 is 2.39 bits per heavy atom. The lowest BCUT2D eigenvalue weighted by Crippen LogP contribution is -2.42. The monoisotopic (exact) mass is 404 g/mol. The van der Waals surface area contributed by atoms with Crippen molar-refractivity contribution in [1.29, 1.82) is 0 Å². The van der Waals surface area contributed by atoms with Gasteiger partial charge in [-0.3, -0.25) is 0 Å². The molecule has 1 heterocycles. The van der Waals surface area contributed by atoms with E-state index in [0.29, 0.717) is 18.4 Å². The maximum Gasteiger partial charge on any atom is 0.179 e. The predicted molar refractivity (Wildman–Crippen MR) is 113 cm³/mol. The zero-order valence-corrected chi connectivity index (χ0v) is 16.7. The summed E-state index contributed by atoms with van der Waals surface area (Å²) in [5, 5.41) is 21.5. The van der Waals surface area contributed by atoms with Crippen LogP contribution in [0.25, 0.3) is 0 Å². The molecule has 0 fully saturated rings. The number of fused-ring (bicyclic) bond motifs is 1. The van der Waals surface area contributed by atoms with Crippen LogP contribution < -0.4 is 0 Å². The number of aromatic hydroxyl groups is 1. The van der Waals surface area contributed by atoms with Gasteiger partial charge in [0.25, 0.3) is 0 Å². The quantitative estimate of drug-likeness (QED) is 0.744. The standard InChI is InChI=1S/C22H28O4S.CH4/c1-3-5-13-22(4-2)15-27(25,26)19-14-17(23)11-12-18(19)20(21(22)24)16-9-7-6-8-10-16;/h6-12,14,20-21,23-24H,3-5,13,15H2,1-2H3;1H4/t20-,21?,22+;/m0./s1. The predicted octanol–water partition coefficient (Wildman–Crippen LogP) is 4.90. The summed E-state index contributed by atoms with van der Waals surface area (Å²) >= 11 is 0. The van der Waals surface area contributed by atoms with Gasteiger partial charge in [-0.2, -0.15) is 0 Å². The highest BCUT2D eigenvalue weighted by Gasteiger charge is 2.48. The van der Waals surface area contributed by atoms with E-state index < -0.39 is 27.3 Å². The van der Waals surface area contributed by atoms with Gasteiger partial charge in [0, 0.05) is 11.3 Å². The Bertz CT molecular complexity index is 892. The minimum atomic E-state index is -3.64. The fourth-order valence-corrected chi connectivity index (χ4v) is 6.66. The van der Waals surface area contributed by atoms with Gasteiger partial charge >= 0.3 is 0 Å². The fraction of sp³-hybridized carbons (Fsp3) is 0.478. The van der Waals surface area contributed by atoms with E-state index in [4.69, 9.17) is 0 Å². The van der Waals surface area contributed by atoms with Crippen molar-refractivity contribution in [2.45, 2.75) is 63.9 Å². The minimum absolute atomic E-state index is 0. The van der Waals surface area contributed by atoms with Crippen molar-refractivity contribution in [2.75, 3.05) is 5.75 Å². The normalized spacial score (nSPS) is 26.0. The molecular weight excluding hydrogens is 372 g/mol. The number of sulfone groups is 1. The number of benzene rings is 2. The smallest absolute Gasteiger partial charge is 0.179 e. The van der Waals surface area contributed by atoms with Gasteiger partial charge < -0.3 is 10.2 Å². The number of hydrogen-bond donors (Lipinski definition) is 2. The van der Waals surface area contributed by atoms with E-state index in [-0.39, 0.29) is 23.8 Å². The van der Waals surface area contributed by atoms with Crippen LogP contribution in [0, 0.1) is 5.41 Å². The van der Waals surface area contributed by atoms with Crippen LogP contribution in [-0.2, 0) is 9.84 Å². The number of aliphatic hydroxyl groups is 1. The third kappa shape index (κ3) is 3.96. The van der Waals surface area contributed by atoms with E-state index in [2.05, 4.69) is 6.92 Å². The molecule has 0 amide bonds. The van der Waals surface area contributed by atoms with Gasteiger partial charge in [-0.15, -0.1) is 0 Å². The van der Waals surface area contributed by atoms with E-state index in [1.165, 1.54) is 12.1 Å². The van der Waals surface area contributed by atoms with Gasteiger partial charge in [-0.05, 0) is 36.1 Å². The molecule has 154 valence electrons. The van der Waals surface area contributed by atoms with Gasteiger partial charge in [-0.25, -0.2) is 8.42 Å². The number of phenolic OH excluding ortho intramolecular Hbond substituents is 1. The highest BCUT2D eigenvalue weighted by Crippen LogP contribution is 2.49. The van der Waals surface area contributed by atoms with Gasteiger partial charge in [0.1, 0.15) is 5.75 Å². The van der Waals surface area contributed by atoms with E-state index in [1.54, 1.807) is 6.07 Å². The number of hydrogen-bond acceptors (Lipinski definition) is 4. The maximum atomic E-state index is 13.3. The molecule has 0 saturated carbocycles. The molecule has 5 heteroatoms. The molecule has 0 spiro atoms. The van der Waals surface area contributed by atoms with Crippen LogP contribution in [0.5, 0.6) is 5.75 Å². The Morgan fingerprint density at radius 2 is 1.79 bits per heavy atom.